The van der Waals surface area contributed by atoms with Crippen LogP contribution in [0.2, 0.25) is 0 Å². The molecule has 0 saturated heterocycles. The summed E-state index contributed by atoms with van der Waals surface area (Å²) in [6.45, 7) is 2.72. The molecule has 0 saturated carbocycles. The molecule has 7 heteroatoms. The van der Waals surface area contributed by atoms with Crippen LogP contribution in [0.15, 0.2) is 41.7 Å². The Hall–Kier alpha value is -2.83. The average molecular weight is 288 g/mol. The Labute approximate surface area is 122 Å². The number of aromatic nitrogens is 2. The molecule has 7 nitrogen and oxygen atoms in total. The highest BCUT2D eigenvalue weighted by atomic mass is 16.5. The molecule has 0 spiro atoms. The lowest BCUT2D eigenvalue weighted by atomic mass is 10.3. The second-order valence-electron chi connectivity index (χ2n) is 4.13. The first-order chi connectivity index (χ1) is 10.2. The summed E-state index contributed by atoms with van der Waals surface area (Å²) in [5.74, 6) is 1.23. The van der Waals surface area contributed by atoms with Gasteiger partial charge in [0.05, 0.1) is 6.61 Å². The minimum absolute atomic E-state index is 0.106. The summed E-state index contributed by atoms with van der Waals surface area (Å²) < 4.78 is 11.0. The van der Waals surface area contributed by atoms with Crippen LogP contribution < -0.4 is 15.2 Å². The Morgan fingerprint density at radius 1 is 1.24 bits per heavy atom. The lowest BCUT2D eigenvalue weighted by Crippen LogP contribution is -2.15. The fraction of sp³-hybridized carbons (Fsp3) is 0.214. The summed E-state index contributed by atoms with van der Waals surface area (Å²) >= 11 is 0. The van der Waals surface area contributed by atoms with E-state index in [9.17, 15) is 0 Å². The lowest BCUT2D eigenvalue weighted by molar-refractivity contribution is 0.316. The summed E-state index contributed by atoms with van der Waals surface area (Å²) in [5, 5.41) is 11.5. The van der Waals surface area contributed by atoms with E-state index in [2.05, 4.69) is 15.1 Å². The van der Waals surface area contributed by atoms with E-state index in [4.69, 9.17) is 20.4 Å². The Morgan fingerprint density at radius 2 is 1.95 bits per heavy atom. The molecule has 2 rings (SSSR count). The maximum Gasteiger partial charge on any atom is 0.322 e. The first-order valence-electron chi connectivity index (χ1n) is 6.44. The fourth-order valence-corrected chi connectivity index (χ4v) is 1.51. The predicted molar refractivity (Wildman–Crippen MR) is 76.8 cm³/mol. The van der Waals surface area contributed by atoms with Gasteiger partial charge >= 0.3 is 6.01 Å². The maximum absolute atomic E-state index is 8.62. The number of oxime groups is 1. The van der Waals surface area contributed by atoms with Crippen molar-refractivity contribution in [2.24, 2.45) is 10.9 Å². The van der Waals surface area contributed by atoms with E-state index in [0.717, 1.165) is 12.2 Å². The molecule has 3 N–H and O–H groups in total. The number of nitrogens with two attached hydrogens (primary N) is 1. The van der Waals surface area contributed by atoms with Gasteiger partial charge in [-0.25, -0.2) is 4.98 Å². The fourth-order valence-electron chi connectivity index (χ4n) is 1.51. The molecule has 0 radical (unpaired) electrons. The molecule has 21 heavy (non-hydrogen) atoms. The Kier molecular flexibility index (Phi) is 4.92. The molecule has 0 bridgehead atoms. The highest BCUT2D eigenvalue weighted by Crippen LogP contribution is 2.21. The summed E-state index contributed by atoms with van der Waals surface area (Å²) in [4.78, 5) is 8.00. The number of benzene rings is 1. The van der Waals surface area contributed by atoms with Crippen LogP contribution in [0.5, 0.6) is 17.5 Å². The van der Waals surface area contributed by atoms with Crippen molar-refractivity contribution < 1.29 is 14.7 Å². The van der Waals surface area contributed by atoms with Gasteiger partial charge in [0.25, 0.3) is 0 Å². The van der Waals surface area contributed by atoms with Gasteiger partial charge in [-0.1, -0.05) is 12.1 Å². The van der Waals surface area contributed by atoms with Crippen LogP contribution in [0.3, 0.4) is 0 Å². The molecular weight excluding hydrogens is 272 g/mol. The molecule has 0 fully saturated rings. The Balaban J connectivity index is 2.07. The zero-order chi connectivity index (χ0) is 15.1. The van der Waals surface area contributed by atoms with E-state index in [-0.39, 0.29) is 17.5 Å². The Bertz CT molecular complexity index is 614. The topological polar surface area (TPSA) is 103 Å². The van der Waals surface area contributed by atoms with E-state index in [1.165, 1.54) is 12.3 Å². The van der Waals surface area contributed by atoms with Crippen molar-refractivity contribution in [1.82, 2.24) is 9.97 Å². The molecule has 1 heterocycles. The van der Waals surface area contributed by atoms with Crippen molar-refractivity contribution in [2.45, 2.75) is 13.3 Å². The lowest BCUT2D eigenvalue weighted by Gasteiger charge is -2.07. The normalized spacial score (nSPS) is 11.2. The van der Waals surface area contributed by atoms with Crippen LogP contribution in [0.4, 0.5) is 0 Å². The number of amidine groups is 1. The van der Waals surface area contributed by atoms with Gasteiger partial charge in [0, 0.05) is 6.20 Å². The van der Waals surface area contributed by atoms with Gasteiger partial charge in [0.2, 0.25) is 0 Å². The molecule has 0 aliphatic rings. The number of rotatable bonds is 6. The van der Waals surface area contributed by atoms with Crippen LogP contribution in [0.1, 0.15) is 19.0 Å². The highest BCUT2D eigenvalue weighted by Gasteiger charge is 2.06. The minimum Gasteiger partial charge on any atom is -0.494 e. The quantitative estimate of drug-likeness (QED) is 0.365. The standard InChI is InChI=1S/C14H16N4O3/c1-2-9-20-10-3-5-11(6-4-10)21-14-16-8-7-12(17-14)13(15)18-19/h3-8,19H,2,9H2,1H3,(H2,15,18). The molecule has 0 aliphatic heterocycles. The summed E-state index contributed by atoms with van der Waals surface area (Å²) in [7, 11) is 0. The third kappa shape index (κ3) is 4.07. The monoisotopic (exact) mass is 288 g/mol. The smallest absolute Gasteiger partial charge is 0.322 e. The second kappa shape index (κ2) is 7.09. The van der Waals surface area contributed by atoms with E-state index >= 15 is 0 Å². The van der Waals surface area contributed by atoms with E-state index in [1.54, 1.807) is 24.3 Å². The zero-order valence-corrected chi connectivity index (χ0v) is 11.6. The van der Waals surface area contributed by atoms with Crippen LogP contribution in [-0.2, 0) is 0 Å². The minimum atomic E-state index is -0.106. The summed E-state index contributed by atoms with van der Waals surface area (Å²) in [5.41, 5.74) is 5.74. The second-order valence-corrected chi connectivity index (χ2v) is 4.13. The number of nitrogens with zero attached hydrogens (tertiary/aromatic N) is 3. The Morgan fingerprint density at radius 3 is 2.62 bits per heavy atom. The van der Waals surface area contributed by atoms with Gasteiger partial charge in [-0.15, -0.1) is 0 Å². The molecule has 0 aliphatic carbocycles. The number of hydrogen-bond acceptors (Lipinski definition) is 6. The maximum atomic E-state index is 8.62. The molecule has 0 atom stereocenters. The van der Waals surface area contributed by atoms with Crippen LogP contribution in [0, 0.1) is 0 Å². The third-order valence-electron chi connectivity index (χ3n) is 2.51. The molecule has 0 unspecified atom stereocenters. The highest BCUT2D eigenvalue weighted by molar-refractivity contribution is 5.95. The van der Waals surface area contributed by atoms with Gasteiger partial charge in [-0.2, -0.15) is 4.98 Å². The van der Waals surface area contributed by atoms with Crippen LogP contribution in [-0.4, -0.2) is 27.6 Å². The largest absolute Gasteiger partial charge is 0.494 e. The molecule has 0 amide bonds. The summed E-state index contributed by atoms with van der Waals surface area (Å²) in [6, 6.07) is 8.75. The SMILES string of the molecule is CCCOc1ccc(Oc2nccc(/C(N)=N/O)n2)cc1. The third-order valence-corrected chi connectivity index (χ3v) is 2.51. The van der Waals surface area contributed by atoms with Gasteiger partial charge in [-0.05, 0) is 36.8 Å². The number of ether oxygens (including phenoxy) is 2. The van der Waals surface area contributed by atoms with Crippen molar-refractivity contribution in [3.8, 4) is 17.5 Å². The first-order valence-corrected chi connectivity index (χ1v) is 6.44. The van der Waals surface area contributed by atoms with E-state index < -0.39 is 0 Å². The van der Waals surface area contributed by atoms with Gasteiger partial charge in [0.15, 0.2) is 5.84 Å². The first kappa shape index (κ1) is 14.6. The van der Waals surface area contributed by atoms with Gasteiger partial charge < -0.3 is 20.4 Å². The summed E-state index contributed by atoms with van der Waals surface area (Å²) in [6.07, 6.45) is 2.42. The van der Waals surface area contributed by atoms with Gasteiger partial charge in [-0.3, -0.25) is 0 Å². The van der Waals surface area contributed by atoms with Crippen LogP contribution >= 0.6 is 0 Å². The molecule has 110 valence electrons. The van der Waals surface area contributed by atoms with Crippen molar-refractivity contribution in [3.05, 3.63) is 42.2 Å². The average Bonchev–Trinajstić information content (AvgIpc) is 2.53. The van der Waals surface area contributed by atoms with Gasteiger partial charge in [0.1, 0.15) is 17.2 Å². The van der Waals surface area contributed by atoms with Crippen molar-refractivity contribution in [2.75, 3.05) is 6.61 Å². The number of hydrogen-bond donors (Lipinski definition) is 2. The van der Waals surface area contributed by atoms with Crippen molar-refractivity contribution >= 4 is 5.84 Å². The zero-order valence-electron chi connectivity index (χ0n) is 11.6. The predicted octanol–water partition coefficient (Wildman–Crippen LogP) is 2.15. The molecule has 2 aromatic rings. The van der Waals surface area contributed by atoms with E-state index in [1.807, 2.05) is 6.92 Å². The van der Waals surface area contributed by atoms with Crippen molar-refractivity contribution in [3.63, 3.8) is 0 Å². The molecular formula is C14H16N4O3. The molecule has 1 aromatic carbocycles. The van der Waals surface area contributed by atoms with Crippen molar-refractivity contribution in [1.29, 1.82) is 0 Å². The van der Waals surface area contributed by atoms with Crippen LogP contribution in [0.25, 0.3) is 0 Å². The molecule has 1 aromatic heterocycles. The van der Waals surface area contributed by atoms with E-state index in [0.29, 0.717) is 12.4 Å².